The number of carbonyl (C=O) groups is 2. The molecule has 0 radical (unpaired) electrons. The molecule has 1 saturated carbocycles. The molecule has 0 saturated heterocycles. The van der Waals surface area contributed by atoms with Gasteiger partial charge >= 0.3 is 0 Å². The third-order valence-corrected chi connectivity index (χ3v) is 5.34. The lowest BCUT2D eigenvalue weighted by Gasteiger charge is -2.29. The summed E-state index contributed by atoms with van der Waals surface area (Å²) in [5.74, 6) is 1.29. The number of para-hydroxylation sites is 2. The van der Waals surface area contributed by atoms with E-state index >= 15 is 0 Å². The van der Waals surface area contributed by atoms with E-state index in [1.54, 1.807) is 4.90 Å². The number of ether oxygens (including phenoxy) is 2. The molecule has 6 nitrogen and oxygen atoms in total. The lowest BCUT2D eigenvalue weighted by molar-refractivity contribution is -0.122. The molecule has 0 aromatic heterocycles. The number of benzene rings is 2. The Morgan fingerprint density at radius 1 is 1.03 bits per heavy atom. The molecule has 2 amide bonds. The molecular formula is C23H26N2O4. The van der Waals surface area contributed by atoms with Gasteiger partial charge in [0.15, 0.2) is 0 Å². The number of amides is 2. The maximum Gasteiger partial charge on any atom is 0.227 e. The van der Waals surface area contributed by atoms with Crippen molar-refractivity contribution < 1.29 is 19.1 Å². The molecule has 1 heterocycles. The number of fused-ring (bicyclic) bond motifs is 1. The van der Waals surface area contributed by atoms with Gasteiger partial charge in [-0.15, -0.1) is 0 Å². The number of nitrogens with one attached hydrogen (secondary N) is 1. The molecule has 0 unspecified atom stereocenters. The van der Waals surface area contributed by atoms with Gasteiger partial charge in [-0.25, -0.2) is 0 Å². The summed E-state index contributed by atoms with van der Waals surface area (Å²) in [4.78, 5) is 26.6. The highest BCUT2D eigenvalue weighted by Crippen LogP contribution is 2.31. The SMILES string of the molecule is O=C(CCC(=O)N1CCOc2ccccc21)Nc1ccc(OC2CCCC2)cc1. The minimum Gasteiger partial charge on any atom is -0.490 e. The first-order valence-corrected chi connectivity index (χ1v) is 10.3. The molecule has 1 N–H and O–H groups in total. The number of carbonyl (C=O) groups excluding carboxylic acids is 2. The molecule has 29 heavy (non-hydrogen) atoms. The predicted octanol–water partition coefficient (Wildman–Crippen LogP) is 4.15. The Hall–Kier alpha value is -3.02. The molecular weight excluding hydrogens is 368 g/mol. The topological polar surface area (TPSA) is 67.9 Å². The molecule has 2 aromatic carbocycles. The minimum absolute atomic E-state index is 0.0730. The van der Waals surface area contributed by atoms with Crippen molar-refractivity contribution in [2.45, 2.75) is 44.6 Å². The molecule has 2 aliphatic rings. The summed E-state index contributed by atoms with van der Waals surface area (Å²) in [5, 5.41) is 2.85. The molecule has 1 aliphatic heterocycles. The van der Waals surface area contributed by atoms with Crippen LogP contribution >= 0.6 is 0 Å². The minimum atomic E-state index is -0.177. The number of rotatable bonds is 6. The zero-order valence-electron chi connectivity index (χ0n) is 16.4. The Labute approximate surface area is 170 Å². The quantitative estimate of drug-likeness (QED) is 0.799. The van der Waals surface area contributed by atoms with Crippen molar-refractivity contribution in [1.82, 2.24) is 0 Å². The van der Waals surface area contributed by atoms with Crippen LogP contribution in [0.15, 0.2) is 48.5 Å². The van der Waals surface area contributed by atoms with Gasteiger partial charge in [-0.1, -0.05) is 12.1 Å². The van der Waals surface area contributed by atoms with Gasteiger partial charge in [-0.05, 0) is 62.1 Å². The van der Waals surface area contributed by atoms with Gasteiger partial charge in [0.2, 0.25) is 11.8 Å². The van der Waals surface area contributed by atoms with Crippen LogP contribution in [0.2, 0.25) is 0 Å². The lowest BCUT2D eigenvalue weighted by Crippen LogP contribution is -2.38. The smallest absolute Gasteiger partial charge is 0.227 e. The molecule has 0 bridgehead atoms. The summed E-state index contributed by atoms with van der Waals surface area (Å²) in [5.41, 5.74) is 1.47. The largest absolute Gasteiger partial charge is 0.490 e. The number of hydrogen-bond donors (Lipinski definition) is 1. The molecule has 1 aliphatic carbocycles. The van der Waals surface area contributed by atoms with Gasteiger partial charge in [0.25, 0.3) is 0 Å². The van der Waals surface area contributed by atoms with Crippen LogP contribution in [0.25, 0.3) is 0 Å². The Kier molecular flexibility index (Phi) is 5.98. The highest BCUT2D eigenvalue weighted by atomic mass is 16.5. The van der Waals surface area contributed by atoms with Crippen LogP contribution < -0.4 is 19.7 Å². The van der Waals surface area contributed by atoms with Gasteiger partial charge in [-0.3, -0.25) is 9.59 Å². The Morgan fingerprint density at radius 2 is 1.79 bits per heavy atom. The maximum atomic E-state index is 12.6. The maximum absolute atomic E-state index is 12.6. The zero-order valence-corrected chi connectivity index (χ0v) is 16.4. The van der Waals surface area contributed by atoms with E-state index in [0.717, 1.165) is 24.3 Å². The molecule has 6 heteroatoms. The number of hydrogen-bond acceptors (Lipinski definition) is 4. The van der Waals surface area contributed by atoms with E-state index < -0.39 is 0 Å². The van der Waals surface area contributed by atoms with E-state index in [0.29, 0.717) is 30.7 Å². The monoisotopic (exact) mass is 394 g/mol. The van der Waals surface area contributed by atoms with Crippen molar-refractivity contribution in [3.05, 3.63) is 48.5 Å². The molecule has 4 rings (SSSR count). The Bertz CT molecular complexity index is 859. The Morgan fingerprint density at radius 3 is 2.59 bits per heavy atom. The van der Waals surface area contributed by atoms with E-state index in [4.69, 9.17) is 9.47 Å². The second kappa shape index (κ2) is 8.99. The summed E-state index contributed by atoms with van der Waals surface area (Å²) in [6, 6.07) is 14.9. The molecule has 0 spiro atoms. The molecule has 2 aromatic rings. The van der Waals surface area contributed by atoms with Crippen LogP contribution in [0, 0.1) is 0 Å². The average molecular weight is 394 g/mol. The van der Waals surface area contributed by atoms with Crippen molar-refractivity contribution in [2.75, 3.05) is 23.4 Å². The highest BCUT2D eigenvalue weighted by molar-refractivity contribution is 5.99. The second-order valence-corrected chi connectivity index (χ2v) is 7.46. The third-order valence-electron chi connectivity index (χ3n) is 5.34. The summed E-state index contributed by atoms with van der Waals surface area (Å²) in [6.07, 6.45) is 5.29. The van der Waals surface area contributed by atoms with Gasteiger partial charge in [0.05, 0.1) is 18.3 Å². The third kappa shape index (κ3) is 4.88. The molecule has 1 fully saturated rings. The van der Waals surface area contributed by atoms with E-state index in [1.165, 1.54) is 12.8 Å². The van der Waals surface area contributed by atoms with Crippen LogP contribution in [0.4, 0.5) is 11.4 Å². The van der Waals surface area contributed by atoms with Gasteiger partial charge < -0.3 is 19.7 Å². The van der Waals surface area contributed by atoms with Crippen molar-refractivity contribution in [2.24, 2.45) is 0 Å². The van der Waals surface area contributed by atoms with E-state index in [1.807, 2.05) is 48.5 Å². The van der Waals surface area contributed by atoms with Gasteiger partial charge in [-0.2, -0.15) is 0 Å². The first-order valence-electron chi connectivity index (χ1n) is 10.3. The first-order chi connectivity index (χ1) is 14.2. The first kappa shape index (κ1) is 19.3. The van der Waals surface area contributed by atoms with Crippen LogP contribution in [-0.4, -0.2) is 31.1 Å². The highest BCUT2D eigenvalue weighted by Gasteiger charge is 2.23. The Balaban J connectivity index is 1.26. The summed E-state index contributed by atoms with van der Waals surface area (Å²) in [7, 11) is 0. The van der Waals surface area contributed by atoms with Crippen LogP contribution in [0.1, 0.15) is 38.5 Å². The molecule has 152 valence electrons. The predicted molar refractivity (Wildman–Crippen MR) is 111 cm³/mol. The van der Waals surface area contributed by atoms with E-state index in [9.17, 15) is 9.59 Å². The molecule has 0 atom stereocenters. The fourth-order valence-corrected chi connectivity index (χ4v) is 3.82. The average Bonchev–Trinajstić information content (AvgIpc) is 3.26. The van der Waals surface area contributed by atoms with Crippen molar-refractivity contribution in [3.63, 3.8) is 0 Å². The van der Waals surface area contributed by atoms with E-state index in [2.05, 4.69) is 5.32 Å². The van der Waals surface area contributed by atoms with Crippen molar-refractivity contribution in [1.29, 1.82) is 0 Å². The summed E-state index contributed by atoms with van der Waals surface area (Å²) < 4.78 is 11.5. The number of anilines is 2. The van der Waals surface area contributed by atoms with Crippen LogP contribution in [0.5, 0.6) is 11.5 Å². The number of nitrogens with zero attached hydrogens (tertiary/aromatic N) is 1. The van der Waals surface area contributed by atoms with Crippen LogP contribution in [-0.2, 0) is 9.59 Å². The van der Waals surface area contributed by atoms with Crippen molar-refractivity contribution in [3.8, 4) is 11.5 Å². The summed E-state index contributed by atoms with van der Waals surface area (Å²) in [6.45, 7) is 0.962. The zero-order chi connectivity index (χ0) is 20.1. The van der Waals surface area contributed by atoms with E-state index in [-0.39, 0.29) is 24.7 Å². The normalized spacial score (nSPS) is 16.1. The second-order valence-electron chi connectivity index (χ2n) is 7.46. The fraction of sp³-hybridized carbons (Fsp3) is 0.391. The lowest BCUT2D eigenvalue weighted by atomic mass is 10.2. The van der Waals surface area contributed by atoms with Gasteiger partial charge in [0, 0.05) is 18.5 Å². The fourth-order valence-electron chi connectivity index (χ4n) is 3.82. The summed E-state index contributed by atoms with van der Waals surface area (Å²) >= 11 is 0. The van der Waals surface area contributed by atoms with Gasteiger partial charge in [0.1, 0.15) is 18.1 Å². The van der Waals surface area contributed by atoms with Crippen LogP contribution in [0.3, 0.4) is 0 Å². The van der Waals surface area contributed by atoms with Crippen molar-refractivity contribution >= 4 is 23.2 Å². The standard InChI is InChI=1S/C23H26N2O4/c26-22(24-17-9-11-19(12-10-17)29-18-5-1-2-6-18)13-14-23(27)25-15-16-28-21-8-4-3-7-20(21)25/h3-4,7-12,18H,1-2,5-6,13-16H2,(H,24,26).